The third-order valence-electron chi connectivity index (χ3n) is 1.58. The zero-order chi connectivity index (χ0) is 10.4. The second kappa shape index (κ2) is 5.78. The highest BCUT2D eigenvalue weighted by Gasteiger charge is 2.21. The van der Waals surface area contributed by atoms with Crippen LogP contribution in [0.15, 0.2) is 11.6 Å². The zero-order valence-electron chi connectivity index (χ0n) is 8.62. The summed E-state index contributed by atoms with van der Waals surface area (Å²) in [4.78, 5) is 11.0. The van der Waals surface area contributed by atoms with E-state index in [1.807, 2.05) is 13.8 Å². The van der Waals surface area contributed by atoms with E-state index in [2.05, 4.69) is 0 Å². The van der Waals surface area contributed by atoms with Gasteiger partial charge in [-0.1, -0.05) is 5.57 Å². The SMILES string of the molecule is CC(C)=CC(=O)OCCOCC1CO1. The number of rotatable bonds is 6. The fourth-order valence-electron chi connectivity index (χ4n) is 0.858. The molecule has 0 amide bonds. The lowest BCUT2D eigenvalue weighted by Crippen LogP contribution is -2.11. The Balaban J connectivity index is 1.91. The van der Waals surface area contributed by atoms with E-state index in [-0.39, 0.29) is 12.1 Å². The van der Waals surface area contributed by atoms with Gasteiger partial charge in [-0.2, -0.15) is 0 Å². The first-order valence-electron chi connectivity index (χ1n) is 4.69. The summed E-state index contributed by atoms with van der Waals surface area (Å²) in [6.45, 7) is 5.82. The van der Waals surface area contributed by atoms with Crippen LogP contribution in [0.2, 0.25) is 0 Å². The zero-order valence-corrected chi connectivity index (χ0v) is 8.62. The lowest BCUT2D eigenvalue weighted by Gasteiger charge is -2.02. The van der Waals surface area contributed by atoms with Gasteiger partial charge in [0, 0.05) is 6.08 Å². The van der Waals surface area contributed by atoms with E-state index in [9.17, 15) is 4.79 Å². The van der Waals surface area contributed by atoms with Crippen molar-refractivity contribution in [2.45, 2.75) is 20.0 Å². The van der Waals surface area contributed by atoms with Gasteiger partial charge in [0.05, 0.1) is 19.8 Å². The van der Waals surface area contributed by atoms with Crippen molar-refractivity contribution in [1.82, 2.24) is 0 Å². The smallest absolute Gasteiger partial charge is 0.330 e. The summed E-state index contributed by atoms with van der Waals surface area (Å²) in [6.07, 6.45) is 1.73. The van der Waals surface area contributed by atoms with Gasteiger partial charge in [0.25, 0.3) is 0 Å². The summed E-state index contributed by atoms with van der Waals surface area (Å²) >= 11 is 0. The molecule has 1 heterocycles. The minimum atomic E-state index is -0.309. The number of hydrogen-bond acceptors (Lipinski definition) is 4. The molecule has 0 spiro atoms. The van der Waals surface area contributed by atoms with Crippen molar-refractivity contribution in [3.63, 3.8) is 0 Å². The summed E-state index contributed by atoms with van der Waals surface area (Å²) in [5, 5.41) is 0. The van der Waals surface area contributed by atoms with Gasteiger partial charge in [0.2, 0.25) is 0 Å². The summed E-state index contributed by atoms with van der Waals surface area (Å²) < 4.78 is 15.0. The number of allylic oxidation sites excluding steroid dienone is 1. The van der Waals surface area contributed by atoms with Crippen LogP contribution in [0.3, 0.4) is 0 Å². The van der Waals surface area contributed by atoms with Crippen LogP contribution in [-0.4, -0.2) is 38.5 Å². The Kier molecular flexibility index (Phi) is 4.62. The Labute approximate surface area is 83.8 Å². The molecule has 0 saturated carbocycles. The standard InChI is InChI=1S/C10H16O4/c1-8(2)5-10(11)13-4-3-12-6-9-7-14-9/h5,9H,3-4,6-7H2,1-2H3. The summed E-state index contributed by atoms with van der Waals surface area (Å²) in [6, 6.07) is 0. The van der Waals surface area contributed by atoms with Gasteiger partial charge in [0.15, 0.2) is 0 Å². The molecule has 1 fully saturated rings. The number of epoxide rings is 1. The third-order valence-corrected chi connectivity index (χ3v) is 1.58. The van der Waals surface area contributed by atoms with Crippen molar-refractivity contribution in [3.05, 3.63) is 11.6 Å². The highest BCUT2D eigenvalue weighted by molar-refractivity contribution is 5.82. The van der Waals surface area contributed by atoms with Crippen molar-refractivity contribution in [3.8, 4) is 0 Å². The monoisotopic (exact) mass is 200 g/mol. The Morgan fingerprint density at radius 3 is 2.79 bits per heavy atom. The van der Waals surface area contributed by atoms with Crippen molar-refractivity contribution >= 4 is 5.97 Å². The largest absolute Gasteiger partial charge is 0.460 e. The molecule has 0 bridgehead atoms. The van der Waals surface area contributed by atoms with E-state index in [0.717, 1.165) is 12.2 Å². The maximum Gasteiger partial charge on any atom is 0.330 e. The number of carbonyl (C=O) groups excluding carboxylic acids is 1. The maximum atomic E-state index is 11.0. The molecule has 14 heavy (non-hydrogen) atoms. The molecule has 4 nitrogen and oxygen atoms in total. The van der Waals surface area contributed by atoms with E-state index >= 15 is 0 Å². The second-order valence-corrected chi connectivity index (χ2v) is 3.42. The highest BCUT2D eigenvalue weighted by Crippen LogP contribution is 2.07. The molecule has 1 saturated heterocycles. The third kappa shape index (κ3) is 5.72. The van der Waals surface area contributed by atoms with E-state index in [1.54, 1.807) is 0 Å². The Morgan fingerprint density at radius 1 is 1.50 bits per heavy atom. The number of hydrogen-bond donors (Lipinski definition) is 0. The van der Waals surface area contributed by atoms with E-state index in [0.29, 0.717) is 19.8 Å². The molecule has 1 unspecified atom stereocenters. The molecule has 0 aromatic heterocycles. The molecule has 1 rings (SSSR count). The lowest BCUT2D eigenvalue weighted by molar-refractivity contribution is -0.139. The van der Waals surface area contributed by atoms with Gasteiger partial charge < -0.3 is 14.2 Å². The first kappa shape index (κ1) is 11.2. The normalized spacial score (nSPS) is 18.9. The first-order chi connectivity index (χ1) is 6.68. The molecule has 1 atom stereocenters. The fraction of sp³-hybridized carbons (Fsp3) is 0.700. The minimum Gasteiger partial charge on any atom is -0.460 e. The van der Waals surface area contributed by atoms with Crippen LogP contribution >= 0.6 is 0 Å². The number of carbonyl (C=O) groups is 1. The van der Waals surface area contributed by atoms with Crippen LogP contribution in [0.4, 0.5) is 0 Å². The molecular weight excluding hydrogens is 184 g/mol. The van der Waals surface area contributed by atoms with Crippen molar-refractivity contribution in [1.29, 1.82) is 0 Å². The molecule has 0 aliphatic carbocycles. The van der Waals surface area contributed by atoms with Crippen LogP contribution in [0.1, 0.15) is 13.8 Å². The van der Waals surface area contributed by atoms with Crippen molar-refractivity contribution in [2.24, 2.45) is 0 Å². The van der Waals surface area contributed by atoms with Gasteiger partial charge in [-0.3, -0.25) is 0 Å². The van der Waals surface area contributed by atoms with Gasteiger partial charge >= 0.3 is 5.97 Å². The van der Waals surface area contributed by atoms with Crippen LogP contribution in [-0.2, 0) is 19.0 Å². The molecule has 4 heteroatoms. The predicted octanol–water partition coefficient (Wildman–Crippen LogP) is 0.911. The quantitative estimate of drug-likeness (QED) is 0.277. The number of ether oxygens (including phenoxy) is 3. The molecular formula is C10H16O4. The van der Waals surface area contributed by atoms with Crippen molar-refractivity contribution < 1.29 is 19.0 Å². The fourth-order valence-corrected chi connectivity index (χ4v) is 0.858. The molecule has 0 aromatic carbocycles. The van der Waals surface area contributed by atoms with E-state index < -0.39 is 0 Å². The molecule has 1 aliphatic rings. The van der Waals surface area contributed by atoms with Crippen LogP contribution in [0.5, 0.6) is 0 Å². The van der Waals surface area contributed by atoms with Crippen molar-refractivity contribution in [2.75, 3.05) is 26.4 Å². The van der Waals surface area contributed by atoms with Gasteiger partial charge in [-0.15, -0.1) is 0 Å². The van der Waals surface area contributed by atoms with Gasteiger partial charge in [0.1, 0.15) is 12.7 Å². The molecule has 0 radical (unpaired) electrons. The second-order valence-electron chi connectivity index (χ2n) is 3.42. The van der Waals surface area contributed by atoms with E-state index in [4.69, 9.17) is 14.2 Å². The first-order valence-corrected chi connectivity index (χ1v) is 4.69. The molecule has 0 aromatic rings. The molecule has 0 N–H and O–H groups in total. The molecule has 1 aliphatic heterocycles. The van der Waals surface area contributed by atoms with Crippen LogP contribution in [0, 0.1) is 0 Å². The maximum absolute atomic E-state index is 11.0. The molecule has 80 valence electrons. The summed E-state index contributed by atoms with van der Waals surface area (Å²) in [7, 11) is 0. The average Bonchev–Trinajstić information content (AvgIpc) is 2.86. The average molecular weight is 200 g/mol. The lowest BCUT2D eigenvalue weighted by atomic mass is 10.3. The van der Waals surface area contributed by atoms with Crippen LogP contribution < -0.4 is 0 Å². The summed E-state index contributed by atoms with van der Waals surface area (Å²) in [5.41, 5.74) is 0.933. The summed E-state index contributed by atoms with van der Waals surface area (Å²) in [5.74, 6) is -0.309. The minimum absolute atomic E-state index is 0.267. The number of esters is 1. The van der Waals surface area contributed by atoms with Gasteiger partial charge in [-0.05, 0) is 13.8 Å². The van der Waals surface area contributed by atoms with Gasteiger partial charge in [-0.25, -0.2) is 4.79 Å². The topological polar surface area (TPSA) is 48.1 Å². The van der Waals surface area contributed by atoms with Crippen LogP contribution in [0.25, 0.3) is 0 Å². The Hall–Kier alpha value is -0.870. The predicted molar refractivity (Wildman–Crippen MR) is 50.9 cm³/mol. The van der Waals surface area contributed by atoms with E-state index in [1.165, 1.54) is 6.08 Å². The Morgan fingerprint density at radius 2 is 2.21 bits per heavy atom. The highest BCUT2D eigenvalue weighted by atomic mass is 16.6. The Bertz CT molecular complexity index is 214.